The molecule has 0 saturated heterocycles. The third-order valence-electron chi connectivity index (χ3n) is 6.00. The smallest absolute Gasteiger partial charge is 0.270 e. The van der Waals surface area contributed by atoms with Crippen LogP contribution in [-0.4, -0.2) is 41.1 Å². The summed E-state index contributed by atoms with van der Waals surface area (Å²) in [6.07, 6.45) is 0.782. The summed E-state index contributed by atoms with van der Waals surface area (Å²) in [5.74, 6) is 1.41. The molecule has 0 atom stereocenters. The van der Waals surface area contributed by atoms with Crippen LogP contribution in [0.1, 0.15) is 21.7 Å². The van der Waals surface area contributed by atoms with E-state index in [9.17, 15) is 4.79 Å². The van der Waals surface area contributed by atoms with Gasteiger partial charge >= 0.3 is 0 Å². The molecule has 1 N–H and O–H groups in total. The maximum atomic E-state index is 13.5. The van der Waals surface area contributed by atoms with Crippen LogP contribution in [0.3, 0.4) is 0 Å². The molecular weight excluding hydrogens is 402 g/mol. The van der Waals surface area contributed by atoms with E-state index >= 15 is 0 Å². The SMILES string of the molecule is COc1ccc(OC)c2c1cc(C(=O)N1CCc3[nH]c4ccc(Cl)cc4c3C1)n2C. The molecule has 30 heavy (non-hydrogen) atoms. The van der Waals surface area contributed by atoms with Crippen molar-refractivity contribution in [3.63, 3.8) is 0 Å². The van der Waals surface area contributed by atoms with Crippen LogP contribution in [0.15, 0.2) is 36.4 Å². The Labute approximate surface area is 178 Å². The maximum absolute atomic E-state index is 13.5. The van der Waals surface area contributed by atoms with Gasteiger partial charge in [-0.3, -0.25) is 4.79 Å². The van der Waals surface area contributed by atoms with Gasteiger partial charge in [0.05, 0.1) is 19.7 Å². The number of nitrogens with zero attached hydrogens (tertiary/aromatic N) is 2. The Kier molecular flexibility index (Phi) is 4.40. The molecule has 1 aliphatic rings. The number of halogens is 1. The molecule has 6 nitrogen and oxygen atoms in total. The second-order valence-electron chi connectivity index (χ2n) is 7.57. The number of aryl methyl sites for hydroxylation is 1. The first-order chi connectivity index (χ1) is 14.5. The van der Waals surface area contributed by atoms with Crippen LogP contribution < -0.4 is 9.47 Å². The molecule has 0 spiro atoms. The number of H-pyrrole nitrogens is 1. The molecule has 3 heterocycles. The molecule has 0 bridgehead atoms. The van der Waals surface area contributed by atoms with Crippen LogP contribution >= 0.6 is 11.6 Å². The number of rotatable bonds is 3. The van der Waals surface area contributed by atoms with Crippen LogP contribution in [0.5, 0.6) is 11.5 Å². The molecule has 2 aromatic carbocycles. The van der Waals surface area contributed by atoms with Crippen molar-refractivity contribution in [1.29, 1.82) is 0 Å². The largest absolute Gasteiger partial charge is 0.496 e. The summed E-state index contributed by atoms with van der Waals surface area (Å²) in [5.41, 5.74) is 4.82. The minimum Gasteiger partial charge on any atom is -0.496 e. The Morgan fingerprint density at radius 1 is 1.07 bits per heavy atom. The standard InChI is InChI=1S/C23H22ClN3O3/c1-26-19(11-15-20(29-2)6-7-21(30-3)22(15)26)23(28)27-9-8-18-16(12-27)14-10-13(24)4-5-17(14)25-18/h4-7,10-11,25H,8-9,12H2,1-3H3. The zero-order chi connectivity index (χ0) is 21.0. The van der Waals surface area contributed by atoms with Gasteiger partial charge in [-0.05, 0) is 36.4 Å². The number of ether oxygens (including phenoxy) is 2. The van der Waals surface area contributed by atoms with Gasteiger partial charge in [0, 0.05) is 59.1 Å². The van der Waals surface area contributed by atoms with Crippen LogP contribution in [0.4, 0.5) is 0 Å². The van der Waals surface area contributed by atoms with Crippen LogP contribution in [-0.2, 0) is 20.0 Å². The molecule has 0 radical (unpaired) electrons. The summed E-state index contributed by atoms with van der Waals surface area (Å²) in [6.45, 7) is 1.20. The molecule has 0 unspecified atom stereocenters. The first-order valence-electron chi connectivity index (χ1n) is 9.80. The average Bonchev–Trinajstić information content (AvgIpc) is 3.30. The lowest BCUT2D eigenvalue weighted by molar-refractivity contribution is 0.0726. The molecule has 0 saturated carbocycles. The topological polar surface area (TPSA) is 59.5 Å². The highest BCUT2D eigenvalue weighted by Gasteiger charge is 2.28. The van der Waals surface area contributed by atoms with Crippen molar-refractivity contribution in [3.8, 4) is 11.5 Å². The fraction of sp³-hybridized carbons (Fsp3) is 0.261. The fourth-order valence-electron chi connectivity index (χ4n) is 4.48. The van der Waals surface area contributed by atoms with E-state index in [0.29, 0.717) is 35.3 Å². The van der Waals surface area contributed by atoms with Gasteiger partial charge in [-0.25, -0.2) is 0 Å². The first-order valence-corrected chi connectivity index (χ1v) is 10.2. The van der Waals surface area contributed by atoms with E-state index in [1.165, 1.54) is 5.69 Å². The molecule has 7 heteroatoms. The zero-order valence-electron chi connectivity index (χ0n) is 17.1. The van der Waals surface area contributed by atoms with Crippen LogP contribution in [0, 0.1) is 0 Å². The minimum absolute atomic E-state index is 0.0140. The van der Waals surface area contributed by atoms with E-state index in [1.807, 2.05) is 52.9 Å². The van der Waals surface area contributed by atoms with Crippen LogP contribution in [0.2, 0.25) is 5.02 Å². The molecular formula is C23H22ClN3O3. The van der Waals surface area contributed by atoms with Gasteiger partial charge in [0.25, 0.3) is 5.91 Å². The lowest BCUT2D eigenvalue weighted by Crippen LogP contribution is -2.36. The Hall–Kier alpha value is -3.12. The second kappa shape index (κ2) is 6.99. The number of hydrogen-bond donors (Lipinski definition) is 1. The summed E-state index contributed by atoms with van der Waals surface area (Å²) < 4.78 is 12.9. The number of aromatic nitrogens is 2. The predicted molar refractivity (Wildman–Crippen MR) is 118 cm³/mol. The lowest BCUT2D eigenvalue weighted by atomic mass is 10.0. The Bertz CT molecular complexity index is 1300. The maximum Gasteiger partial charge on any atom is 0.270 e. The van der Waals surface area contributed by atoms with Crippen molar-refractivity contribution in [3.05, 3.63) is 58.4 Å². The van der Waals surface area contributed by atoms with Gasteiger partial charge in [-0.1, -0.05) is 11.6 Å². The number of carbonyl (C=O) groups is 1. The third-order valence-corrected chi connectivity index (χ3v) is 6.24. The van der Waals surface area contributed by atoms with E-state index in [4.69, 9.17) is 21.1 Å². The van der Waals surface area contributed by atoms with Gasteiger partial charge in [0.1, 0.15) is 17.2 Å². The summed E-state index contributed by atoms with van der Waals surface area (Å²) >= 11 is 6.21. The summed E-state index contributed by atoms with van der Waals surface area (Å²) in [5, 5.41) is 2.63. The van der Waals surface area contributed by atoms with Gasteiger partial charge in [0.2, 0.25) is 0 Å². The van der Waals surface area contributed by atoms with Crippen molar-refractivity contribution < 1.29 is 14.3 Å². The number of nitrogens with one attached hydrogen (secondary N) is 1. The summed E-state index contributed by atoms with van der Waals surface area (Å²) in [4.78, 5) is 18.9. The number of fused-ring (bicyclic) bond motifs is 4. The van der Waals surface area contributed by atoms with Crippen molar-refractivity contribution in [1.82, 2.24) is 14.5 Å². The molecule has 154 valence electrons. The van der Waals surface area contributed by atoms with E-state index in [2.05, 4.69) is 4.98 Å². The lowest BCUT2D eigenvalue weighted by Gasteiger charge is -2.27. The second-order valence-corrected chi connectivity index (χ2v) is 8.01. The monoisotopic (exact) mass is 423 g/mol. The van der Waals surface area contributed by atoms with Gasteiger partial charge in [-0.2, -0.15) is 0 Å². The molecule has 0 aliphatic carbocycles. The fourth-order valence-corrected chi connectivity index (χ4v) is 4.65. The van der Waals surface area contributed by atoms with Crippen molar-refractivity contribution in [2.45, 2.75) is 13.0 Å². The number of carbonyl (C=O) groups excluding carboxylic acids is 1. The Balaban J connectivity index is 1.56. The first kappa shape index (κ1) is 18.9. The predicted octanol–water partition coefficient (Wildman–Crippen LogP) is 4.53. The van der Waals surface area contributed by atoms with E-state index < -0.39 is 0 Å². The molecule has 0 fully saturated rings. The number of methoxy groups -OCH3 is 2. The molecule has 2 aromatic heterocycles. The highest BCUT2D eigenvalue weighted by molar-refractivity contribution is 6.31. The quantitative estimate of drug-likeness (QED) is 0.526. The highest BCUT2D eigenvalue weighted by Crippen LogP contribution is 2.36. The van der Waals surface area contributed by atoms with Gasteiger partial charge < -0.3 is 23.9 Å². The van der Waals surface area contributed by atoms with Crippen molar-refractivity contribution >= 4 is 39.3 Å². The molecule has 4 aromatic rings. The highest BCUT2D eigenvalue weighted by atomic mass is 35.5. The molecule has 5 rings (SSSR count). The van der Waals surface area contributed by atoms with Crippen molar-refractivity contribution in [2.24, 2.45) is 7.05 Å². The summed E-state index contributed by atoms with van der Waals surface area (Å²) in [6, 6.07) is 11.4. The third kappa shape index (κ3) is 2.75. The normalized spacial score (nSPS) is 13.7. The number of aromatic amines is 1. The van der Waals surface area contributed by atoms with Gasteiger partial charge in [-0.15, -0.1) is 0 Å². The Morgan fingerprint density at radius 3 is 2.60 bits per heavy atom. The average molecular weight is 424 g/mol. The van der Waals surface area contributed by atoms with Crippen LogP contribution in [0.25, 0.3) is 21.8 Å². The molecule has 1 aliphatic heterocycles. The van der Waals surface area contributed by atoms with Gasteiger partial charge in [0.15, 0.2) is 0 Å². The minimum atomic E-state index is -0.0140. The zero-order valence-corrected chi connectivity index (χ0v) is 17.8. The summed E-state index contributed by atoms with van der Waals surface area (Å²) in [7, 11) is 5.15. The number of hydrogen-bond acceptors (Lipinski definition) is 3. The number of amides is 1. The van der Waals surface area contributed by atoms with E-state index in [-0.39, 0.29) is 5.91 Å². The van der Waals surface area contributed by atoms with E-state index in [0.717, 1.165) is 33.8 Å². The van der Waals surface area contributed by atoms with Crippen molar-refractivity contribution in [2.75, 3.05) is 20.8 Å². The number of benzene rings is 2. The molecule has 1 amide bonds. The van der Waals surface area contributed by atoms with E-state index in [1.54, 1.807) is 14.2 Å². The Morgan fingerprint density at radius 2 is 1.83 bits per heavy atom.